The molecule has 1 aliphatic heterocycles. The van der Waals surface area contributed by atoms with Crippen LogP contribution in [0.15, 0.2) is 35.2 Å². The third-order valence-corrected chi connectivity index (χ3v) is 6.94. The van der Waals surface area contributed by atoms with Crippen LogP contribution in [0.2, 0.25) is 0 Å². The molecule has 0 spiro atoms. The van der Waals surface area contributed by atoms with Crippen molar-refractivity contribution in [3.8, 4) is 6.07 Å². The minimum atomic E-state index is -4.10. The lowest BCUT2D eigenvalue weighted by Gasteiger charge is -2.39. The molecule has 1 aromatic heterocycles. The van der Waals surface area contributed by atoms with E-state index in [2.05, 4.69) is 16.5 Å². The fraction of sp³-hybridized carbons (Fsp3) is 0.476. The Morgan fingerprint density at radius 3 is 2.53 bits per heavy atom. The highest BCUT2D eigenvalue weighted by atomic mass is 32.2. The van der Waals surface area contributed by atoms with Crippen molar-refractivity contribution in [2.24, 2.45) is 0 Å². The summed E-state index contributed by atoms with van der Waals surface area (Å²) >= 11 is 0. The van der Waals surface area contributed by atoms with E-state index in [0.717, 1.165) is 16.9 Å². The predicted molar refractivity (Wildman–Crippen MR) is 110 cm³/mol. The van der Waals surface area contributed by atoms with Crippen LogP contribution in [0.5, 0.6) is 0 Å². The van der Waals surface area contributed by atoms with Gasteiger partial charge < -0.3 is 4.90 Å². The van der Waals surface area contributed by atoms with Crippen molar-refractivity contribution in [2.45, 2.75) is 69.1 Å². The number of nitrogens with one attached hydrogen (secondary N) is 1. The second-order valence-electron chi connectivity index (χ2n) is 8.95. The van der Waals surface area contributed by atoms with E-state index in [1.54, 1.807) is 30.0 Å². The molecule has 2 aromatic rings. The molecule has 1 saturated carbocycles. The molecule has 2 aliphatic rings. The van der Waals surface area contributed by atoms with E-state index < -0.39 is 33.6 Å². The van der Waals surface area contributed by atoms with Gasteiger partial charge in [-0.1, -0.05) is 18.2 Å². The summed E-state index contributed by atoms with van der Waals surface area (Å²) in [4.78, 5) is 15.4. The Kier molecular flexibility index (Phi) is 4.75. The maximum Gasteiger partial charge on any atom is 0.284 e. The van der Waals surface area contributed by atoms with Crippen molar-refractivity contribution in [3.63, 3.8) is 0 Å². The number of amides is 1. The summed E-state index contributed by atoms with van der Waals surface area (Å²) in [5.74, 6) is -0.419. The summed E-state index contributed by atoms with van der Waals surface area (Å²) in [5.41, 5.74) is 0.470. The third kappa shape index (κ3) is 3.40. The molecule has 2 unspecified atom stereocenters. The molecule has 1 N–H and O–H groups in total. The zero-order valence-corrected chi connectivity index (χ0v) is 18.3. The predicted octanol–water partition coefficient (Wildman–Crippen LogP) is 2.37. The number of hydrogen-bond acceptors (Lipinski definition) is 6. The van der Waals surface area contributed by atoms with Gasteiger partial charge in [0.05, 0.1) is 22.7 Å². The van der Waals surface area contributed by atoms with Crippen molar-refractivity contribution in [1.29, 1.82) is 5.26 Å². The average Bonchev–Trinajstić information content (AvgIpc) is 3.42. The number of aryl methyl sites for hydroxylation is 1. The zero-order chi connectivity index (χ0) is 21.8. The Morgan fingerprint density at radius 1 is 1.27 bits per heavy atom. The minimum absolute atomic E-state index is 0.00588. The van der Waals surface area contributed by atoms with Gasteiger partial charge in [0.25, 0.3) is 15.9 Å². The Hall–Kier alpha value is -2.70. The first-order chi connectivity index (χ1) is 14.0. The summed E-state index contributed by atoms with van der Waals surface area (Å²) < 4.78 is 27.8. The van der Waals surface area contributed by atoms with Gasteiger partial charge in [-0.25, -0.2) is 0 Å². The van der Waals surface area contributed by atoms with Crippen LogP contribution in [-0.4, -0.2) is 46.0 Å². The van der Waals surface area contributed by atoms with Gasteiger partial charge >= 0.3 is 0 Å². The molecule has 1 amide bonds. The Morgan fingerprint density at radius 2 is 1.93 bits per heavy atom. The van der Waals surface area contributed by atoms with Crippen LogP contribution in [-0.2, 0) is 10.0 Å². The van der Waals surface area contributed by atoms with E-state index in [-0.39, 0.29) is 16.6 Å². The molecule has 30 heavy (non-hydrogen) atoms. The molecule has 1 aliphatic carbocycles. The van der Waals surface area contributed by atoms with Crippen LogP contribution < -0.4 is 5.32 Å². The van der Waals surface area contributed by atoms with E-state index in [9.17, 15) is 18.5 Å². The second kappa shape index (κ2) is 6.93. The van der Waals surface area contributed by atoms with Gasteiger partial charge in [-0.15, -0.1) is 4.09 Å². The number of nitrogens with zero attached hydrogens (tertiary/aromatic N) is 4. The lowest BCUT2D eigenvalue weighted by Crippen LogP contribution is -2.53. The van der Waals surface area contributed by atoms with Gasteiger partial charge in [-0.2, -0.15) is 18.8 Å². The van der Waals surface area contributed by atoms with Crippen molar-refractivity contribution in [1.82, 2.24) is 19.4 Å². The van der Waals surface area contributed by atoms with Crippen LogP contribution in [0, 0.1) is 18.3 Å². The van der Waals surface area contributed by atoms with Crippen molar-refractivity contribution in [2.75, 3.05) is 0 Å². The monoisotopic (exact) mass is 427 g/mol. The zero-order valence-electron chi connectivity index (χ0n) is 17.5. The first-order valence-electron chi connectivity index (χ1n) is 9.96. The van der Waals surface area contributed by atoms with E-state index in [1.165, 1.54) is 12.1 Å². The number of rotatable bonds is 3. The molecule has 0 radical (unpaired) electrons. The van der Waals surface area contributed by atoms with Gasteiger partial charge in [0.1, 0.15) is 11.7 Å². The summed E-state index contributed by atoms with van der Waals surface area (Å²) in [5, 5.41) is 17.4. The first-order valence-corrected chi connectivity index (χ1v) is 11.4. The molecule has 2 heterocycles. The quantitative estimate of drug-likeness (QED) is 0.806. The Bertz CT molecular complexity index is 1150. The average molecular weight is 428 g/mol. The number of nitriles is 1. The van der Waals surface area contributed by atoms with Gasteiger partial charge in [0, 0.05) is 11.6 Å². The lowest BCUT2D eigenvalue weighted by molar-refractivity contribution is 0.0605. The number of carbonyl (C=O) groups excluding carboxylic acids is 1. The standard InChI is InChI=1S/C21H25N5O3S/c1-13-11-17-20(27)25(14-9-10-14)19(16(12-22)23-21(2,3)4)15-7-5-6-8-18(15)30(28,29)26(17)24-13/h5-8,11,14,16,19,23H,9-10H2,1-4H3. The van der Waals surface area contributed by atoms with Crippen LogP contribution >= 0.6 is 0 Å². The molecule has 2 atom stereocenters. The Labute approximate surface area is 176 Å². The molecule has 8 nitrogen and oxygen atoms in total. The number of carbonyl (C=O) groups is 1. The van der Waals surface area contributed by atoms with E-state index >= 15 is 0 Å². The van der Waals surface area contributed by atoms with Crippen molar-refractivity contribution in [3.05, 3.63) is 47.3 Å². The molecular formula is C21H25N5O3S. The van der Waals surface area contributed by atoms with E-state index in [1.807, 2.05) is 20.8 Å². The SMILES string of the molecule is Cc1cc2n(n1)S(=O)(=O)c1ccccc1C(C(C#N)NC(C)(C)C)N(C1CC1)C2=O. The maximum absolute atomic E-state index is 13.6. The maximum atomic E-state index is 13.6. The van der Waals surface area contributed by atoms with Crippen molar-refractivity contribution < 1.29 is 13.2 Å². The van der Waals surface area contributed by atoms with Crippen LogP contribution in [0.4, 0.5) is 0 Å². The first kappa shape index (κ1) is 20.6. The second-order valence-corrected chi connectivity index (χ2v) is 10.7. The molecular weight excluding hydrogens is 402 g/mol. The largest absolute Gasteiger partial charge is 0.325 e. The van der Waals surface area contributed by atoms with Crippen LogP contribution in [0.3, 0.4) is 0 Å². The number of benzene rings is 1. The molecule has 1 fully saturated rings. The topological polar surface area (TPSA) is 108 Å². The number of fused-ring (bicyclic) bond motifs is 2. The highest BCUT2D eigenvalue weighted by molar-refractivity contribution is 7.90. The summed E-state index contributed by atoms with van der Waals surface area (Å²) in [7, 11) is -4.10. The minimum Gasteiger partial charge on any atom is -0.325 e. The molecule has 0 saturated heterocycles. The van der Waals surface area contributed by atoms with Gasteiger partial charge in [-0.3, -0.25) is 10.1 Å². The fourth-order valence-corrected chi connectivity index (χ4v) is 5.55. The number of aromatic nitrogens is 2. The van der Waals surface area contributed by atoms with Gasteiger partial charge in [0.2, 0.25) is 0 Å². The van der Waals surface area contributed by atoms with Gasteiger partial charge in [0.15, 0.2) is 0 Å². The molecule has 0 bridgehead atoms. The normalized spacial score (nSPS) is 21.8. The summed E-state index contributed by atoms with van der Waals surface area (Å²) in [6, 6.07) is 8.79. The highest BCUT2D eigenvalue weighted by Crippen LogP contribution is 2.41. The molecule has 4 rings (SSSR count). The van der Waals surface area contributed by atoms with E-state index in [4.69, 9.17) is 0 Å². The number of hydrogen-bond donors (Lipinski definition) is 1. The molecule has 158 valence electrons. The van der Waals surface area contributed by atoms with Gasteiger partial charge in [-0.05, 0) is 58.2 Å². The lowest BCUT2D eigenvalue weighted by atomic mass is 9.94. The fourth-order valence-electron chi connectivity index (χ4n) is 4.00. The molecule has 9 heteroatoms. The Balaban J connectivity index is 2.02. The van der Waals surface area contributed by atoms with Crippen molar-refractivity contribution >= 4 is 15.9 Å². The molecule has 1 aromatic carbocycles. The highest BCUT2D eigenvalue weighted by Gasteiger charge is 2.47. The van der Waals surface area contributed by atoms with Crippen LogP contribution in [0.25, 0.3) is 0 Å². The summed E-state index contributed by atoms with van der Waals surface area (Å²) in [6.07, 6.45) is 1.63. The smallest absolute Gasteiger partial charge is 0.284 e. The van der Waals surface area contributed by atoms with Crippen LogP contribution in [0.1, 0.15) is 61.4 Å². The third-order valence-electron chi connectivity index (χ3n) is 5.28. The van der Waals surface area contributed by atoms with E-state index in [0.29, 0.717) is 11.3 Å². The summed E-state index contributed by atoms with van der Waals surface area (Å²) in [6.45, 7) is 7.46.